The van der Waals surface area contributed by atoms with Gasteiger partial charge in [0, 0.05) is 11.1 Å². The fourth-order valence-corrected chi connectivity index (χ4v) is 3.05. The zero-order chi connectivity index (χ0) is 13.7. The lowest BCUT2D eigenvalue weighted by atomic mass is 9.77. The number of rotatable bonds is 4. The molecule has 102 valence electrons. The molecule has 1 N–H and O–H groups in total. The van der Waals surface area contributed by atoms with Crippen LogP contribution < -0.4 is 5.32 Å². The van der Waals surface area contributed by atoms with Crippen molar-refractivity contribution in [3.05, 3.63) is 48.0 Å². The quantitative estimate of drug-likeness (QED) is 0.809. The van der Waals surface area contributed by atoms with Gasteiger partial charge in [0.1, 0.15) is 0 Å². The molecule has 0 unspecified atom stereocenters. The summed E-state index contributed by atoms with van der Waals surface area (Å²) in [5.74, 6) is 0.0451. The van der Waals surface area contributed by atoms with Crippen LogP contribution in [0.25, 0.3) is 0 Å². The Bertz CT molecular complexity index is 444. The molecule has 1 aliphatic rings. The fraction of sp³-hybridized carbons (Fsp3) is 0.471. The second-order valence-electron chi connectivity index (χ2n) is 5.80. The van der Waals surface area contributed by atoms with Gasteiger partial charge in [-0.05, 0) is 38.3 Å². The number of benzene rings is 1. The van der Waals surface area contributed by atoms with E-state index in [1.807, 2.05) is 37.3 Å². The molecule has 19 heavy (non-hydrogen) atoms. The van der Waals surface area contributed by atoms with E-state index in [-0.39, 0.29) is 11.4 Å². The van der Waals surface area contributed by atoms with Crippen LogP contribution in [0.3, 0.4) is 0 Å². The van der Waals surface area contributed by atoms with Crippen LogP contribution in [0.5, 0.6) is 0 Å². The first-order valence-corrected chi connectivity index (χ1v) is 7.13. The van der Waals surface area contributed by atoms with E-state index in [0.717, 1.165) is 30.4 Å². The molecular formula is C17H23NO. The number of hydrogen-bond acceptors (Lipinski definition) is 1. The van der Waals surface area contributed by atoms with E-state index in [4.69, 9.17) is 0 Å². The zero-order valence-electron chi connectivity index (χ0n) is 11.7. The van der Waals surface area contributed by atoms with E-state index in [2.05, 4.69) is 11.9 Å². The Morgan fingerprint density at radius 2 is 1.84 bits per heavy atom. The molecule has 0 bridgehead atoms. The van der Waals surface area contributed by atoms with Crippen molar-refractivity contribution in [2.45, 2.75) is 51.0 Å². The lowest BCUT2D eigenvalue weighted by Crippen LogP contribution is -2.49. The summed E-state index contributed by atoms with van der Waals surface area (Å²) >= 11 is 0. The molecule has 2 nitrogen and oxygen atoms in total. The summed E-state index contributed by atoms with van der Waals surface area (Å²) in [6.07, 6.45) is 6.70. The van der Waals surface area contributed by atoms with Crippen molar-refractivity contribution in [2.24, 2.45) is 0 Å². The monoisotopic (exact) mass is 257 g/mol. The first-order valence-electron chi connectivity index (χ1n) is 7.13. The first kappa shape index (κ1) is 13.9. The summed E-state index contributed by atoms with van der Waals surface area (Å²) in [5.41, 5.74) is 1.82. The molecule has 0 aromatic heterocycles. The van der Waals surface area contributed by atoms with E-state index >= 15 is 0 Å². The van der Waals surface area contributed by atoms with Crippen molar-refractivity contribution in [1.29, 1.82) is 0 Å². The van der Waals surface area contributed by atoms with Crippen LogP contribution in [0.4, 0.5) is 0 Å². The average Bonchev–Trinajstić information content (AvgIpc) is 2.39. The highest BCUT2D eigenvalue weighted by Gasteiger charge is 2.33. The molecule has 0 atom stereocenters. The van der Waals surface area contributed by atoms with E-state index in [0.29, 0.717) is 0 Å². The molecule has 0 heterocycles. The Balaban J connectivity index is 2.11. The molecule has 0 aliphatic heterocycles. The predicted octanol–water partition coefficient (Wildman–Crippen LogP) is 4.09. The van der Waals surface area contributed by atoms with E-state index < -0.39 is 0 Å². The molecule has 1 saturated carbocycles. The number of amides is 1. The summed E-state index contributed by atoms with van der Waals surface area (Å²) in [5, 5.41) is 3.28. The highest BCUT2D eigenvalue weighted by molar-refractivity contribution is 5.94. The third-order valence-electron chi connectivity index (χ3n) is 3.87. The molecular weight excluding hydrogens is 234 g/mol. The minimum Gasteiger partial charge on any atom is -0.346 e. The largest absolute Gasteiger partial charge is 0.346 e. The van der Waals surface area contributed by atoms with Gasteiger partial charge in [0.05, 0.1) is 0 Å². The molecule has 1 amide bonds. The van der Waals surface area contributed by atoms with Gasteiger partial charge in [-0.15, -0.1) is 6.58 Å². The van der Waals surface area contributed by atoms with Gasteiger partial charge in [-0.3, -0.25) is 4.79 Å². The normalized spacial score (nSPS) is 17.7. The lowest BCUT2D eigenvalue weighted by molar-refractivity contribution is 0.0868. The van der Waals surface area contributed by atoms with Crippen LogP contribution >= 0.6 is 0 Å². The molecule has 1 aliphatic carbocycles. The van der Waals surface area contributed by atoms with Crippen molar-refractivity contribution in [1.82, 2.24) is 5.32 Å². The Morgan fingerprint density at radius 3 is 2.42 bits per heavy atom. The first-order chi connectivity index (χ1) is 9.11. The Labute approximate surface area is 115 Å². The number of carbonyl (C=O) groups excluding carboxylic acids is 1. The number of hydrogen-bond donors (Lipinski definition) is 1. The SMILES string of the molecule is C=C(C)CC1(NC(=O)c2ccccc2)CCCCC1. The molecule has 1 aromatic rings. The van der Waals surface area contributed by atoms with Gasteiger partial charge in [-0.1, -0.05) is 43.0 Å². The third-order valence-corrected chi connectivity index (χ3v) is 3.87. The van der Waals surface area contributed by atoms with Gasteiger partial charge in [-0.2, -0.15) is 0 Å². The van der Waals surface area contributed by atoms with Gasteiger partial charge in [-0.25, -0.2) is 0 Å². The summed E-state index contributed by atoms with van der Waals surface area (Å²) in [7, 11) is 0. The molecule has 1 aromatic carbocycles. The van der Waals surface area contributed by atoms with E-state index in [1.54, 1.807) is 0 Å². The molecule has 2 rings (SSSR count). The third kappa shape index (κ3) is 3.69. The van der Waals surface area contributed by atoms with E-state index in [9.17, 15) is 4.79 Å². The minimum atomic E-state index is -0.0724. The van der Waals surface area contributed by atoms with Crippen molar-refractivity contribution in [2.75, 3.05) is 0 Å². The lowest BCUT2D eigenvalue weighted by Gasteiger charge is -2.38. The predicted molar refractivity (Wildman–Crippen MR) is 79.2 cm³/mol. The zero-order valence-corrected chi connectivity index (χ0v) is 11.7. The summed E-state index contributed by atoms with van der Waals surface area (Å²) in [6.45, 7) is 6.07. The number of nitrogens with one attached hydrogen (secondary N) is 1. The molecule has 1 fully saturated rings. The van der Waals surface area contributed by atoms with Gasteiger partial charge < -0.3 is 5.32 Å². The maximum absolute atomic E-state index is 12.4. The van der Waals surface area contributed by atoms with Gasteiger partial charge in [0.15, 0.2) is 0 Å². The second-order valence-corrected chi connectivity index (χ2v) is 5.80. The second kappa shape index (κ2) is 6.05. The maximum Gasteiger partial charge on any atom is 0.251 e. The van der Waals surface area contributed by atoms with Crippen molar-refractivity contribution in [3.8, 4) is 0 Å². The van der Waals surface area contributed by atoms with Gasteiger partial charge in [0.2, 0.25) is 0 Å². The highest BCUT2D eigenvalue weighted by Crippen LogP contribution is 2.33. The van der Waals surface area contributed by atoms with Crippen LogP contribution in [0, 0.1) is 0 Å². The van der Waals surface area contributed by atoms with Crippen LogP contribution in [0.1, 0.15) is 55.8 Å². The number of carbonyl (C=O) groups is 1. The average molecular weight is 257 g/mol. The Kier molecular flexibility index (Phi) is 4.41. The molecule has 0 saturated heterocycles. The summed E-state index contributed by atoms with van der Waals surface area (Å²) in [4.78, 5) is 12.4. The molecule has 0 radical (unpaired) electrons. The van der Waals surface area contributed by atoms with Crippen LogP contribution in [-0.2, 0) is 0 Å². The van der Waals surface area contributed by atoms with E-state index in [1.165, 1.54) is 19.3 Å². The molecule has 2 heteroatoms. The van der Waals surface area contributed by atoms with Gasteiger partial charge >= 0.3 is 0 Å². The van der Waals surface area contributed by atoms with Crippen molar-refractivity contribution < 1.29 is 4.79 Å². The topological polar surface area (TPSA) is 29.1 Å². The van der Waals surface area contributed by atoms with Crippen molar-refractivity contribution >= 4 is 5.91 Å². The fourth-order valence-electron chi connectivity index (χ4n) is 3.05. The Hall–Kier alpha value is -1.57. The Morgan fingerprint density at radius 1 is 1.21 bits per heavy atom. The molecule has 0 spiro atoms. The minimum absolute atomic E-state index is 0.0451. The van der Waals surface area contributed by atoms with Crippen molar-refractivity contribution in [3.63, 3.8) is 0 Å². The standard InChI is InChI=1S/C17H23NO/c1-14(2)13-17(11-7-4-8-12-17)18-16(19)15-9-5-3-6-10-15/h3,5-6,9-10H,1,4,7-8,11-13H2,2H3,(H,18,19). The maximum atomic E-state index is 12.4. The summed E-state index contributed by atoms with van der Waals surface area (Å²) in [6, 6.07) is 9.47. The summed E-state index contributed by atoms with van der Waals surface area (Å²) < 4.78 is 0. The smallest absolute Gasteiger partial charge is 0.251 e. The van der Waals surface area contributed by atoms with Crippen LogP contribution in [0.2, 0.25) is 0 Å². The van der Waals surface area contributed by atoms with Crippen LogP contribution in [-0.4, -0.2) is 11.4 Å². The van der Waals surface area contributed by atoms with Crippen LogP contribution in [0.15, 0.2) is 42.5 Å². The van der Waals surface area contributed by atoms with Gasteiger partial charge in [0.25, 0.3) is 5.91 Å². The highest BCUT2D eigenvalue weighted by atomic mass is 16.1.